The lowest BCUT2D eigenvalue weighted by Gasteiger charge is -2.15. The van der Waals surface area contributed by atoms with Crippen molar-refractivity contribution in [1.82, 2.24) is 24.7 Å². The topological polar surface area (TPSA) is 141 Å². The molecule has 4 heterocycles. The van der Waals surface area contributed by atoms with Crippen molar-refractivity contribution in [1.29, 1.82) is 0 Å². The molecule has 4 aromatic heterocycles. The maximum Gasteiger partial charge on any atom is 0.298 e. The highest BCUT2D eigenvalue weighted by atomic mass is 32.2. The lowest BCUT2D eigenvalue weighted by molar-refractivity contribution is 0.572. The zero-order chi connectivity index (χ0) is 28.0. The Morgan fingerprint density at radius 1 is 0.925 bits per heavy atom. The van der Waals surface area contributed by atoms with E-state index in [1.54, 1.807) is 36.5 Å². The first-order valence-electron chi connectivity index (χ1n) is 12.1. The molecule has 0 aliphatic heterocycles. The van der Waals surface area contributed by atoms with Gasteiger partial charge in [-0.2, -0.15) is 9.78 Å². The van der Waals surface area contributed by atoms with Crippen molar-refractivity contribution in [2.24, 2.45) is 0 Å². The van der Waals surface area contributed by atoms with Crippen molar-refractivity contribution >= 4 is 20.7 Å². The normalized spacial score (nSPS) is 11.7. The number of sulfone groups is 1. The van der Waals surface area contributed by atoms with E-state index in [4.69, 9.17) is 9.52 Å². The number of fused-ring (bicyclic) bond motifs is 1. The number of nitrogens with one attached hydrogen (secondary N) is 1. The highest BCUT2D eigenvalue weighted by Crippen LogP contribution is 2.32. The van der Waals surface area contributed by atoms with Gasteiger partial charge in [0.15, 0.2) is 22.0 Å². The lowest BCUT2D eigenvalue weighted by atomic mass is 10.0. The number of nitrogens with zero attached hydrogens (tertiary/aromatic N) is 4. The second-order valence-corrected chi connectivity index (χ2v) is 11.3. The number of aryl methyl sites for hydroxylation is 1. The number of pyridine rings is 2. The standard InChI is InChI=1S/C29H21N5O5S/c1-17-10-20(24-15-30-16-39-24)12-21(11-17)27-22-4-3-9-31-28(22)29(36)34(33-27)23-13-18(5-7-25(23)40(2,37)38)19-6-8-26(35)32-14-19/h3-16H,1-2H3,(H,32,35). The van der Waals surface area contributed by atoms with E-state index < -0.39 is 15.4 Å². The second kappa shape index (κ2) is 9.54. The quantitative estimate of drug-likeness (QED) is 0.337. The van der Waals surface area contributed by atoms with Gasteiger partial charge < -0.3 is 9.40 Å². The first kappa shape index (κ1) is 25.1. The Bertz CT molecular complexity index is 2130. The molecule has 40 heavy (non-hydrogen) atoms. The molecule has 198 valence electrons. The Hall–Kier alpha value is -5.16. The number of benzene rings is 2. The SMILES string of the molecule is Cc1cc(-c2cnco2)cc(-c2nn(-c3cc(-c4ccc(=O)[nH]c4)ccc3S(C)(=O)=O)c(=O)c3ncccc23)c1. The Kier molecular flexibility index (Phi) is 6.00. The third-order valence-electron chi connectivity index (χ3n) is 6.43. The molecule has 0 amide bonds. The minimum absolute atomic E-state index is 0.0631. The average molecular weight is 552 g/mol. The molecule has 0 unspecified atom stereocenters. The van der Waals surface area contributed by atoms with E-state index >= 15 is 0 Å². The molecule has 2 aromatic carbocycles. The van der Waals surface area contributed by atoms with Crippen LogP contribution in [0.2, 0.25) is 0 Å². The van der Waals surface area contributed by atoms with Gasteiger partial charge in [-0.15, -0.1) is 0 Å². The van der Waals surface area contributed by atoms with E-state index in [0.29, 0.717) is 33.5 Å². The number of hydrogen-bond donors (Lipinski definition) is 1. The van der Waals surface area contributed by atoms with Crippen LogP contribution in [0.5, 0.6) is 0 Å². The predicted molar refractivity (Wildman–Crippen MR) is 150 cm³/mol. The van der Waals surface area contributed by atoms with Crippen LogP contribution in [-0.4, -0.2) is 39.4 Å². The molecular weight excluding hydrogens is 530 g/mol. The molecule has 6 aromatic rings. The molecule has 0 saturated carbocycles. The van der Waals surface area contributed by atoms with Crippen LogP contribution in [0.4, 0.5) is 0 Å². The summed E-state index contributed by atoms with van der Waals surface area (Å²) in [5.74, 6) is 0.564. The van der Waals surface area contributed by atoms with Gasteiger partial charge in [0, 0.05) is 41.2 Å². The second-order valence-electron chi connectivity index (χ2n) is 9.31. The fourth-order valence-corrected chi connectivity index (χ4v) is 5.47. The lowest BCUT2D eigenvalue weighted by Crippen LogP contribution is -2.24. The van der Waals surface area contributed by atoms with Gasteiger partial charge in [-0.3, -0.25) is 14.6 Å². The number of rotatable bonds is 5. The average Bonchev–Trinajstić information content (AvgIpc) is 3.48. The van der Waals surface area contributed by atoms with Gasteiger partial charge in [0.1, 0.15) is 11.2 Å². The summed E-state index contributed by atoms with van der Waals surface area (Å²) in [5, 5.41) is 5.23. The van der Waals surface area contributed by atoms with E-state index in [1.807, 2.05) is 25.1 Å². The molecular formula is C29H21N5O5S. The molecule has 0 bridgehead atoms. The molecule has 0 aliphatic rings. The Balaban J connectivity index is 1.67. The van der Waals surface area contributed by atoms with Crippen LogP contribution < -0.4 is 11.1 Å². The number of H-pyrrole nitrogens is 1. The summed E-state index contributed by atoms with van der Waals surface area (Å²) in [4.78, 5) is 36.2. The smallest absolute Gasteiger partial charge is 0.298 e. The highest BCUT2D eigenvalue weighted by Gasteiger charge is 2.22. The van der Waals surface area contributed by atoms with E-state index in [2.05, 4.69) is 15.0 Å². The number of aromatic amines is 1. The summed E-state index contributed by atoms with van der Waals surface area (Å²) in [6.07, 6.45) is 7.04. The fourth-order valence-electron chi connectivity index (χ4n) is 4.63. The monoisotopic (exact) mass is 551 g/mol. The molecule has 0 saturated heterocycles. The van der Waals surface area contributed by atoms with Crippen LogP contribution in [-0.2, 0) is 9.84 Å². The van der Waals surface area contributed by atoms with Crippen LogP contribution in [0.1, 0.15) is 5.56 Å². The van der Waals surface area contributed by atoms with Gasteiger partial charge in [-0.1, -0.05) is 6.07 Å². The van der Waals surface area contributed by atoms with E-state index in [-0.39, 0.29) is 21.7 Å². The van der Waals surface area contributed by atoms with E-state index in [0.717, 1.165) is 22.1 Å². The zero-order valence-electron chi connectivity index (χ0n) is 21.3. The molecule has 0 atom stereocenters. The predicted octanol–water partition coefficient (Wildman–Crippen LogP) is 4.17. The Labute approximate surface area is 227 Å². The molecule has 0 fully saturated rings. The number of oxazole rings is 1. The Morgan fingerprint density at radius 2 is 1.73 bits per heavy atom. The summed E-state index contributed by atoms with van der Waals surface area (Å²) >= 11 is 0. The van der Waals surface area contributed by atoms with Crippen molar-refractivity contribution in [2.45, 2.75) is 11.8 Å². The van der Waals surface area contributed by atoms with Crippen molar-refractivity contribution in [3.8, 4) is 39.4 Å². The van der Waals surface area contributed by atoms with Crippen molar-refractivity contribution in [2.75, 3.05) is 6.26 Å². The van der Waals surface area contributed by atoms with Crippen LogP contribution in [0.25, 0.3) is 50.3 Å². The molecule has 0 aliphatic carbocycles. The highest BCUT2D eigenvalue weighted by molar-refractivity contribution is 7.90. The number of hydrogen-bond acceptors (Lipinski definition) is 8. The molecule has 11 heteroatoms. The maximum atomic E-state index is 13.8. The molecule has 6 rings (SSSR count). The number of aromatic nitrogens is 5. The van der Waals surface area contributed by atoms with Gasteiger partial charge in [0.25, 0.3) is 5.56 Å². The molecule has 1 N–H and O–H groups in total. The molecule has 0 spiro atoms. The maximum absolute atomic E-state index is 13.8. The fraction of sp³-hybridized carbons (Fsp3) is 0.0690. The van der Waals surface area contributed by atoms with Crippen molar-refractivity contribution < 1.29 is 12.8 Å². The summed E-state index contributed by atoms with van der Waals surface area (Å²) < 4.78 is 32.3. The van der Waals surface area contributed by atoms with Gasteiger partial charge >= 0.3 is 0 Å². The van der Waals surface area contributed by atoms with Crippen LogP contribution in [0.15, 0.2) is 105 Å². The first-order valence-corrected chi connectivity index (χ1v) is 14.0. The minimum Gasteiger partial charge on any atom is -0.444 e. The largest absolute Gasteiger partial charge is 0.444 e. The minimum atomic E-state index is -3.78. The van der Waals surface area contributed by atoms with E-state index in [9.17, 15) is 18.0 Å². The van der Waals surface area contributed by atoms with Gasteiger partial charge in [-0.25, -0.2) is 13.4 Å². The Morgan fingerprint density at radius 3 is 2.45 bits per heavy atom. The van der Waals surface area contributed by atoms with E-state index in [1.165, 1.54) is 30.9 Å². The van der Waals surface area contributed by atoms with Crippen LogP contribution >= 0.6 is 0 Å². The van der Waals surface area contributed by atoms with Gasteiger partial charge in [0.2, 0.25) is 5.56 Å². The molecule has 0 radical (unpaired) electrons. The zero-order valence-corrected chi connectivity index (χ0v) is 22.1. The van der Waals surface area contributed by atoms with Crippen LogP contribution in [0, 0.1) is 6.92 Å². The van der Waals surface area contributed by atoms with Gasteiger partial charge in [-0.05, 0) is 72.1 Å². The summed E-state index contributed by atoms with van der Waals surface area (Å²) in [6, 6.07) is 16.8. The van der Waals surface area contributed by atoms with Crippen LogP contribution in [0.3, 0.4) is 0 Å². The van der Waals surface area contributed by atoms with Crippen molar-refractivity contribution in [3.05, 3.63) is 112 Å². The summed E-state index contributed by atoms with van der Waals surface area (Å²) in [6.45, 7) is 1.93. The summed E-state index contributed by atoms with van der Waals surface area (Å²) in [7, 11) is -3.78. The van der Waals surface area contributed by atoms with Gasteiger partial charge in [0.05, 0.1) is 16.8 Å². The summed E-state index contributed by atoms with van der Waals surface area (Å²) in [5.41, 5.74) is 3.34. The third kappa shape index (κ3) is 4.52. The third-order valence-corrected chi connectivity index (χ3v) is 7.57. The molecule has 10 nitrogen and oxygen atoms in total. The first-order chi connectivity index (χ1) is 19.2. The van der Waals surface area contributed by atoms with Crippen molar-refractivity contribution in [3.63, 3.8) is 0 Å².